The van der Waals surface area contributed by atoms with E-state index in [9.17, 15) is 18.4 Å². The summed E-state index contributed by atoms with van der Waals surface area (Å²) in [6.45, 7) is 0. The number of halogens is 2. The largest absolute Gasteiger partial charge is 0.495 e. The van der Waals surface area contributed by atoms with Gasteiger partial charge in [0.05, 0.1) is 19.1 Å². The minimum Gasteiger partial charge on any atom is -0.495 e. The molecule has 0 aliphatic rings. The highest BCUT2D eigenvalue weighted by Gasteiger charge is 2.23. The van der Waals surface area contributed by atoms with Crippen LogP contribution < -0.4 is 10.3 Å². The second-order valence-electron chi connectivity index (χ2n) is 2.95. The third-order valence-electron chi connectivity index (χ3n) is 1.97. The van der Waals surface area contributed by atoms with E-state index in [1.165, 1.54) is 0 Å². The maximum absolute atomic E-state index is 12.7. The van der Waals surface area contributed by atoms with Gasteiger partial charge < -0.3 is 14.8 Å². The van der Waals surface area contributed by atoms with Crippen LogP contribution in [0, 0.1) is 0 Å². The standard InChI is InChI=1S/C9H9F2NO4/c1-16-5-3-12-9(15)4(2-6(13)14)7(5)8(10)11/h3,8H,2H2,1H3,(H,12,15)(H,13,14). The van der Waals surface area contributed by atoms with Crippen molar-refractivity contribution in [3.8, 4) is 5.75 Å². The molecule has 0 amide bonds. The van der Waals surface area contributed by atoms with E-state index >= 15 is 0 Å². The molecule has 0 atom stereocenters. The Morgan fingerprint density at radius 1 is 1.62 bits per heavy atom. The number of hydrogen-bond donors (Lipinski definition) is 2. The van der Waals surface area contributed by atoms with Crippen LogP contribution in [0.5, 0.6) is 5.75 Å². The molecule has 0 unspecified atom stereocenters. The van der Waals surface area contributed by atoms with Gasteiger partial charge in [-0.1, -0.05) is 0 Å². The summed E-state index contributed by atoms with van der Waals surface area (Å²) in [5, 5.41) is 8.52. The molecule has 2 N–H and O–H groups in total. The number of ether oxygens (including phenoxy) is 1. The molecule has 0 radical (unpaired) electrons. The first-order valence-corrected chi connectivity index (χ1v) is 4.25. The normalized spacial score (nSPS) is 10.5. The molecule has 0 aromatic carbocycles. The van der Waals surface area contributed by atoms with Crippen molar-refractivity contribution in [2.75, 3.05) is 7.11 Å². The summed E-state index contributed by atoms with van der Waals surface area (Å²) in [7, 11) is 1.16. The van der Waals surface area contributed by atoms with Gasteiger partial charge in [-0.05, 0) is 0 Å². The predicted molar refractivity (Wildman–Crippen MR) is 49.9 cm³/mol. The zero-order valence-electron chi connectivity index (χ0n) is 8.29. The van der Waals surface area contributed by atoms with Crippen LogP contribution in [-0.4, -0.2) is 23.2 Å². The molecule has 88 valence electrons. The van der Waals surface area contributed by atoms with Gasteiger partial charge in [0.15, 0.2) is 0 Å². The van der Waals surface area contributed by atoms with Crippen LogP contribution in [0.15, 0.2) is 11.0 Å². The summed E-state index contributed by atoms with van der Waals surface area (Å²) in [5.74, 6) is -1.59. The van der Waals surface area contributed by atoms with E-state index in [1.54, 1.807) is 0 Å². The smallest absolute Gasteiger partial charge is 0.308 e. The van der Waals surface area contributed by atoms with E-state index in [1.807, 2.05) is 0 Å². The molecule has 0 saturated carbocycles. The lowest BCUT2D eigenvalue weighted by atomic mass is 10.1. The molecular weight excluding hydrogens is 224 g/mol. The Hall–Kier alpha value is -1.92. The van der Waals surface area contributed by atoms with Crippen molar-refractivity contribution in [1.82, 2.24) is 4.98 Å². The van der Waals surface area contributed by atoms with Gasteiger partial charge in [-0.15, -0.1) is 0 Å². The molecule has 0 saturated heterocycles. The number of carbonyl (C=O) groups is 1. The minimum atomic E-state index is -2.97. The molecule has 0 bridgehead atoms. The van der Waals surface area contributed by atoms with Gasteiger partial charge in [0.25, 0.3) is 12.0 Å². The monoisotopic (exact) mass is 233 g/mol. The number of aromatic amines is 1. The Bertz CT molecular complexity index is 455. The predicted octanol–water partition coefficient (Wildman–Crippen LogP) is 0.948. The van der Waals surface area contributed by atoms with Gasteiger partial charge in [0.1, 0.15) is 5.75 Å². The van der Waals surface area contributed by atoms with Crippen molar-refractivity contribution in [2.45, 2.75) is 12.8 Å². The van der Waals surface area contributed by atoms with E-state index in [0.717, 1.165) is 13.3 Å². The van der Waals surface area contributed by atoms with Gasteiger partial charge >= 0.3 is 5.97 Å². The summed E-state index contributed by atoms with van der Waals surface area (Å²) < 4.78 is 30.0. The molecule has 0 fully saturated rings. The van der Waals surface area contributed by atoms with E-state index in [2.05, 4.69) is 9.72 Å². The second-order valence-corrected chi connectivity index (χ2v) is 2.95. The lowest BCUT2D eigenvalue weighted by Gasteiger charge is -2.10. The summed E-state index contributed by atoms with van der Waals surface area (Å²) in [6, 6.07) is 0. The number of hydrogen-bond acceptors (Lipinski definition) is 3. The Morgan fingerprint density at radius 3 is 2.69 bits per heavy atom. The van der Waals surface area contributed by atoms with Crippen LogP contribution in [0.3, 0.4) is 0 Å². The molecule has 16 heavy (non-hydrogen) atoms. The zero-order valence-corrected chi connectivity index (χ0v) is 8.29. The first kappa shape index (κ1) is 12.2. The zero-order chi connectivity index (χ0) is 12.3. The molecule has 1 aromatic rings. The van der Waals surface area contributed by atoms with Crippen molar-refractivity contribution in [2.24, 2.45) is 0 Å². The molecule has 1 aromatic heterocycles. The molecule has 1 heterocycles. The number of carboxylic acid groups (broad SMARTS) is 1. The minimum absolute atomic E-state index is 0.231. The number of H-pyrrole nitrogens is 1. The third kappa shape index (κ3) is 2.36. The van der Waals surface area contributed by atoms with Gasteiger partial charge in [-0.3, -0.25) is 9.59 Å². The molecule has 7 heteroatoms. The molecule has 0 aliphatic carbocycles. The maximum Gasteiger partial charge on any atom is 0.308 e. The van der Waals surface area contributed by atoms with Gasteiger partial charge in [-0.25, -0.2) is 8.78 Å². The lowest BCUT2D eigenvalue weighted by Crippen LogP contribution is -2.19. The molecule has 1 rings (SSSR count). The Kier molecular flexibility index (Phi) is 3.60. The molecule has 0 aliphatic heterocycles. The average molecular weight is 233 g/mol. The van der Waals surface area contributed by atoms with Crippen LogP contribution in [0.2, 0.25) is 0 Å². The number of pyridine rings is 1. The van der Waals surface area contributed by atoms with Gasteiger partial charge in [0, 0.05) is 11.8 Å². The fourth-order valence-electron chi connectivity index (χ4n) is 1.30. The number of methoxy groups -OCH3 is 1. The van der Waals surface area contributed by atoms with Crippen LogP contribution in [-0.2, 0) is 11.2 Å². The fourth-order valence-corrected chi connectivity index (χ4v) is 1.30. The Morgan fingerprint density at radius 2 is 2.25 bits per heavy atom. The number of alkyl halides is 2. The van der Waals surface area contributed by atoms with Crippen LogP contribution >= 0.6 is 0 Å². The number of aliphatic carboxylic acids is 1. The van der Waals surface area contributed by atoms with Crippen molar-refractivity contribution in [3.05, 3.63) is 27.7 Å². The highest BCUT2D eigenvalue weighted by atomic mass is 19.3. The number of carboxylic acids is 1. The van der Waals surface area contributed by atoms with Crippen LogP contribution in [0.1, 0.15) is 17.6 Å². The Labute approximate surface area is 88.7 Å². The van der Waals surface area contributed by atoms with Gasteiger partial charge in [-0.2, -0.15) is 0 Å². The number of nitrogens with one attached hydrogen (secondary N) is 1. The molecular formula is C9H9F2NO4. The second kappa shape index (κ2) is 4.73. The average Bonchev–Trinajstić information content (AvgIpc) is 2.19. The van der Waals surface area contributed by atoms with Crippen LogP contribution in [0.25, 0.3) is 0 Å². The molecule has 5 nitrogen and oxygen atoms in total. The summed E-state index contributed by atoms with van der Waals surface area (Å²) in [4.78, 5) is 23.8. The van der Waals surface area contributed by atoms with E-state index in [-0.39, 0.29) is 5.75 Å². The highest BCUT2D eigenvalue weighted by Crippen LogP contribution is 2.29. The quantitative estimate of drug-likeness (QED) is 0.811. The van der Waals surface area contributed by atoms with Crippen molar-refractivity contribution in [1.29, 1.82) is 0 Å². The summed E-state index contributed by atoms with van der Waals surface area (Å²) in [6.07, 6.45) is -2.76. The summed E-state index contributed by atoms with van der Waals surface area (Å²) >= 11 is 0. The number of aromatic nitrogens is 1. The topological polar surface area (TPSA) is 79.4 Å². The van der Waals surface area contributed by atoms with E-state index in [4.69, 9.17) is 5.11 Å². The van der Waals surface area contributed by atoms with Crippen molar-refractivity contribution in [3.63, 3.8) is 0 Å². The Balaban J connectivity index is 3.41. The SMILES string of the molecule is COc1c[nH]c(=O)c(CC(=O)O)c1C(F)F. The fraction of sp³-hybridized carbons (Fsp3) is 0.333. The van der Waals surface area contributed by atoms with Crippen molar-refractivity contribution < 1.29 is 23.4 Å². The number of rotatable bonds is 4. The summed E-state index contributed by atoms with van der Waals surface area (Å²) in [5.41, 5.74) is -2.01. The van der Waals surface area contributed by atoms with E-state index in [0.29, 0.717) is 0 Å². The first-order valence-electron chi connectivity index (χ1n) is 4.25. The van der Waals surface area contributed by atoms with Crippen LogP contribution in [0.4, 0.5) is 8.78 Å². The lowest BCUT2D eigenvalue weighted by molar-refractivity contribution is -0.136. The van der Waals surface area contributed by atoms with Crippen molar-refractivity contribution >= 4 is 5.97 Å². The highest BCUT2D eigenvalue weighted by molar-refractivity contribution is 5.71. The third-order valence-corrected chi connectivity index (χ3v) is 1.97. The van der Waals surface area contributed by atoms with Gasteiger partial charge in [0.2, 0.25) is 0 Å². The molecule has 0 spiro atoms. The first-order chi connectivity index (χ1) is 7.47. The maximum atomic E-state index is 12.7. The van der Waals surface area contributed by atoms with E-state index < -0.39 is 35.5 Å².